The van der Waals surface area contributed by atoms with Crippen molar-refractivity contribution >= 4 is 15.9 Å². The van der Waals surface area contributed by atoms with E-state index in [9.17, 15) is 13.2 Å². The molecule has 0 saturated heterocycles. The molecule has 1 aromatic heterocycles. The number of amides is 1. The monoisotopic (exact) mass is 302 g/mol. The van der Waals surface area contributed by atoms with Crippen molar-refractivity contribution in [3.63, 3.8) is 0 Å². The van der Waals surface area contributed by atoms with Gasteiger partial charge >= 0.3 is 0 Å². The van der Waals surface area contributed by atoms with Gasteiger partial charge in [-0.05, 0) is 20.8 Å². The van der Waals surface area contributed by atoms with E-state index in [1.54, 1.807) is 0 Å². The van der Waals surface area contributed by atoms with E-state index < -0.39 is 10.0 Å². The Morgan fingerprint density at radius 3 is 2.55 bits per heavy atom. The van der Waals surface area contributed by atoms with Gasteiger partial charge in [-0.2, -0.15) is 0 Å². The Kier molecular flexibility index (Phi) is 5.29. The summed E-state index contributed by atoms with van der Waals surface area (Å²) in [5.41, 5.74) is -0.324. The normalized spacial score (nSPS) is 12.4. The summed E-state index contributed by atoms with van der Waals surface area (Å²) < 4.78 is 26.2. The minimum atomic E-state index is -3.64. The predicted octanol–water partition coefficient (Wildman–Crippen LogP) is 0.555. The maximum atomic E-state index is 11.9. The van der Waals surface area contributed by atoms with Crippen LogP contribution in [0.2, 0.25) is 0 Å². The minimum Gasteiger partial charge on any atom is -0.351 e. The van der Waals surface area contributed by atoms with E-state index in [2.05, 4.69) is 20.0 Å². The second kappa shape index (κ2) is 6.36. The Hall–Kier alpha value is -1.41. The summed E-state index contributed by atoms with van der Waals surface area (Å²) in [4.78, 5) is 18.2. The van der Waals surface area contributed by atoms with Gasteiger partial charge in [-0.1, -0.05) is 6.92 Å². The fraction of sp³-hybridized carbons (Fsp3) is 0.667. The van der Waals surface area contributed by atoms with Crippen molar-refractivity contribution in [1.29, 1.82) is 0 Å². The van der Waals surface area contributed by atoms with Crippen LogP contribution in [0, 0.1) is 0 Å². The van der Waals surface area contributed by atoms with Gasteiger partial charge in [0.05, 0.1) is 6.20 Å². The molecule has 1 aromatic rings. The lowest BCUT2D eigenvalue weighted by Gasteiger charge is -2.20. The Morgan fingerprint density at radius 2 is 2.05 bits per heavy atom. The Balaban J connectivity index is 2.50. The lowest BCUT2D eigenvalue weighted by Crippen LogP contribution is -2.41. The maximum Gasteiger partial charge on any atom is 0.257 e. The van der Waals surface area contributed by atoms with E-state index in [1.165, 1.54) is 6.20 Å². The van der Waals surface area contributed by atoms with E-state index >= 15 is 0 Å². The number of aromatic nitrogens is 2. The minimum absolute atomic E-state index is 0.0191. The van der Waals surface area contributed by atoms with Crippen LogP contribution in [0.5, 0.6) is 0 Å². The number of aromatic amines is 1. The van der Waals surface area contributed by atoms with Crippen molar-refractivity contribution in [2.75, 3.05) is 6.54 Å². The van der Waals surface area contributed by atoms with Crippen LogP contribution >= 0.6 is 0 Å². The van der Waals surface area contributed by atoms with E-state index in [0.29, 0.717) is 12.2 Å². The molecule has 1 rings (SSSR count). The first kappa shape index (κ1) is 16.6. The van der Waals surface area contributed by atoms with Crippen LogP contribution in [0.1, 0.15) is 39.9 Å². The summed E-state index contributed by atoms with van der Waals surface area (Å²) >= 11 is 0. The van der Waals surface area contributed by atoms with Crippen LogP contribution in [0.15, 0.2) is 11.2 Å². The first-order chi connectivity index (χ1) is 9.14. The molecule has 0 saturated carbocycles. The quantitative estimate of drug-likeness (QED) is 0.714. The number of nitrogens with zero attached hydrogens (tertiary/aromatic N) is 1. The van der Waals surface area contributed by atoms with Crippen LogP contribution in [-0.4, -0.2) is 36.4 Å². The zero-order valence-electron chi connectivity index (χ0n) is 12.3. The van der Waals surface area contributed by atoms with Gasteiger partial charge in [0.2, 0.25) is 5.91 Å². The summed E-state index contributed by atoms with van der Waals surface area (Å²) in [6, 6.07) is 0. The van der Waals surface area contributed by atoms with Crippen molar-refractivity contribution in [1.82, 2.24) is 20.0 Å². The highest BCUT2D eigenvalue weighted by molar-refractivity contribution is 7.89. The largest absolute Gasteiger partial charge is 0.351 e. The molecule has 0 spiro atoms. The summed E-state index contributed by atoms with van der Waals surface area (Å²) in [6.07, 6.45) is 1.99. The third-order valence-corrected chi connectivity index (χ3v) is 3.76. The van der Waals surface area contributed by atoms with Gasteiger partial charge in [0, 0.05) is 24.9 Å². The molecule has 0 aliphatic rings. The predicted molar refractivity (Wildman–Crippen MR) is 75.7 cm³/mol. The number of aryl methyl sites for hydroxylation is 1. The molecule has 0 aliphatic heterocycles. The fourth-order valence-corrected chi connectivity index (χ4v) is 2.49. The lowest BCUT2D eigenvalue weighted by atomic mass is 10.1. The van der Waals surface area contributed by atoms with Gasteiger partial charge in [0.1, 0.15) is 5.82 Å². The molecule has 3 N–H and O–H groups in total. The number of carbonyl (C=O) groups is 1. The first-order valence-corrected chi connectivity index (χ1v) is 7.97. The molecular weight excluding hydrogens is 280 g/mol. The molecule has 0 radical (unpaired) electrons. The second-order valence-corrected chi connectivity index (χ2v) is 7.23. The Bertz CT molecular complexity index is 558. The smallest absolute Gasteiger partial charge is 0.257 e. The summed E-state index contributed by atoms with van der Waals surface area (Å²) in [7, 11) is -3.64. The van der Waals surface area contributed by atoms with Crippen LogP contribution in [0.25, 0.3) is 0 Å². The summed E-state index contributed by atoms with van der Waals surface area (Å²) in [6.45, 7) is 7.52. The van der Waals surface area contributed by atoms with Crippen LogP contribution in [-0.2, 0) is 21.2 Å². The molecular formula is C12H22N4O3S. The molecule has 8 heteroatoms. The third-order valence-electron chi connectivity index (χ3n) is 2.39. The van der Waals surface area contributed by atoms with Crippen molar-refractivity contribution in [3.05, 3.63) is 12.0 Å². The van der Waals surface area contributed by atoms with E-state index in [0.717, 1.165) is 0 Å². The highest BCUT2D eigenvalue weighted by atomic mass is 32.2. The molecule has 0 bridgehead atoms. The molecule has 0 aromatic carbocycles. The summed E-state index contributed by atoms with van der Waals surface area (Å²) in [5.74, 6) is 0.412. The molecule has 1 heterocycles. The number of H-pyrrole nitrogens is 1. The zero-order chi connectivity index (χ0) is 15.4. The van der Waals surface area contributed by atoms with Crippen LogP contribution < -0.4 is 10.0 Å². The van der Waals surface area contributed by atoms with E-state index in [1.807, 2.05) is 27.7 Å². The molecule has 0 fully saturated rings. The number of imidazole rings is 1. The molecule has 20 heavy (non-hydrogen) atoms. The van der Waals surface area contributed by atoms with Crippen molar-refractivity contribution in [3.8, 4) is 0 Å². The average Bonchev–Trinajstić information content (AvgIpc) is 2.75. The number of carbonyl (C=O) groups excluding carboxylic acids is 1. The number of sulfonamides is 1. The molecule has 1 amide bonds. The van der Waals surface area contributed by atoms with Gasteiger partial charge in [-0.3, -0.25) is 4.79 Å². The van der Waals surface area contributed by atoms with Gasteiger partial charge in [-0.25, -0.2) is 18.1 Å². The molecule has 0 atom stereocenters. The molecule has 0 unspecified atom stereocenters. The average molecular weight is 302 g/mol. The van der Waals surface area contributed by atoms with Gasteiger partial charge in [-0.15, -0.1) is 0 Å². The highest BCUT2D eigenvalue weighted by Crippen LogP contribution is 2.06. The SMILES string of the molecule is CCc1ncc(S(=O)(=O)NCCC(=O)NC(C)(C)C)[nH]1. The lowest BCUT2D eigenvalue weighted by molar-refractivity contribution is -0.122. The van der Waals surface area contributed by atoms with Gasteiger partial charge in [0.15, 0.2) is 5.03 Å². The zero-order valence-corrected chi connectivity index (χ0v) is 13.1. The van der Waals surface area contributed by atoms with Crippen LogP contribution in [0.3, 0.4) is 0 Å². The Morgan fingerprint density at radius 1 is 1.40 bits per heavy atom. The van der Waals surface area contributed by atoms with Crippen molar-refractivity contribution in [2.24, 2.45) is 0 Å². The third kappa shape index (κ3) is 5.30. The topological polar surface area (TPSA) is 104 Å². The number of nitrogens with one attached hydrogen (secondary N) is 3. The molecule has 0 aliphatic carbocycles. The highest BCUT2D eigenvalue weighted by Gasteiger charge is 2.18. The van der Waals surface area contributed by atoms with Crippen LogP contribution in [0.4, 0.5) is 0 Å². The standard InChI is InChI=1S/C12H22N4O3S/c1-5-9-13-8-11(15-9)20(18,19)14-7-6-10(17)16-12(2,3)4/h8,14H,5-7H2,1-4H3,(H,13,15)(H,16,17). The maximum absolute atomic E-state index is 11.9. The summed E-state index contributed by atoms with van der Waals surface area (Å²) in [5, 5.41) is 2.78. The van der Waals surface area contributed by atoms with Gasteiger partial charge < -0.3 is 10.3 Å². The second-order valence-electron chi connectivity index (χ2n) is 5.49. The van der Waals surface area contributed by atoms with E-state index in [-0.39, 0.29) is 29.4 Å². The number of hydrogen-bond donors (Lipinski definition) is 3. The number of hydrogen-bond acceptors (Lipinski definition) is 4. The first-order valence-electron chi connectivity index (χ1n) is 6.48. The van der Waals surface area contributed by atoms with Gasteiger partial charge in [0.25, 0.3) is 10.0 Å². The molecule has 7 nitrogen and oxygen atoms in total. The molecule has 114 valence electrons. The Labute approximate surface area is 119 Å². The van der Waals surface area contributed by atoms with E-state index in [4.69, 9.17) is 0 Å². The number of rotatable bonds is 6. The van der Waals surface area contributed by atoms with Crippen molar-refractivity contribution in [2.45, 2.75) is 51.1 Å². The van der Waals surface area contributed by atoms with Crippen molar-refractivity contribution < 1.29 is 13.2 Å². The fourth-order valence-electron chi connectivity index (χ4n) is 1.52.